The van der Waals surface area contributed by atoms with Gasteiger partial charge in [0.15, 0.2) is 5.78 Å². The molecule has 0 aromatic carbocycles. The number of rotatable bonds is 3. The Morgan fingerprint density at radius 3 is 2.64 bits per heavy atom. The highest BCUT2D eigenvalue weighted by atomic mass is 19.1. The first kappa shape index (κ1) is 14.8. The lowest BCUT2D eigenvalue weighted by Gasteiger charge is -2.15. The lowest BCUT2D eigenvalue weighted by Crippen LogP contribution is -2.27. The first-order valence-corrected chi connectivity index (χ1v) is 7.33. The molecule has 3 rings (SSSR count). The zero-order valence-electron chi connectivity index (χ0n) is 12.8. The summed E-state index contributed by atoms with van der Waals surface area (Å²) in [5.74, 6) is -0.511. The maximum absolute atomic E-state index is 14.1. The van der Waals surface area contributed by atoms with Crippen molar-refractivity contribution in [1.82, 2.24) is 15.5 Å². The molecular weight excluding hydrogens is 285 g/mol. The number of ketones is 1. The summed E-state index contributed by atoms with van der Waals surface area (Å²) in [6.07, 6.45) is 1.97. The van der Waals surface area contributed by atoms with E-state index in [-0.39, 0.29) is 29.9 Å². The van der Waals surface area contributed by atoms with Gasteiger partial charge >= 0.3 is 0 Å². The number of carbonyl (C=O) groups excluding carboxylic acids is 2. The highest BCUT2D eigenvalue weighted by molar-refractivity contribution is 6.27. The molecule has 1 aromatic heterocycles. The first-order valence-electron chi connectivity index (χ1n) is 7.33. The molecule has 1 aliphatic heterocycles. The summed E-state index contributed by atoms with van der Waals surface area (Å²) < 4.78 is 14.1. The van der Waals surface area contributed by atoms with Crippen molar-refractivity contribution >= 4 is 17.3 Å². The number of hydrogen-bond donors (Lipinski definition) is 1. The third-order valence-electron chi connectivity index (χ3n) is 4.36. The number of aryl methyl sites for hydroxylation is 1. The Kier molecular flexibility index (Phi) is 3.34. The highest BCUT2D eigenvalue weighted by Gasteiger charge is 2.49. The van der Waals surface area contributed by atoms with Crippen LogP contribution in [0.1, 0.15) is 49.6 Å². The molecule has 2 atom stereocenters. The number of carbonyl (C=O) groups is 2. The van der Waals surface area contributed by atoms with E-state index in [1.54, 1.807) is 19.9 Å². The van der Waals surface area contributed by atoms with Crippen LogP contribution in [0, 0.1) is 12.8 Å². The third-order valence-corrected chi connectivity index (χ3v) is 4.36. The van der Waals surface area contributed by atoms with Crippen LogP contribution in [0.25, 0.3) is 5.57 Å². The zero-order chi connectivity index (χ0) is 16.1. The Balaban J connectivity index is 1.92. The van der Waals surface area contributed by atoms with Crippen LogP contribution in [-0.4, -0.2) is 27.6 Å². The van der Waals surface area contributed by atoms with E-state index < -0.39 is 5.67 Å². The van der Waals surface area contributed by atoms with Crippen LogP contribution in [0.4, 0.5) is 4.39 Å². The van der Waals surface area contributed by atoms with Crippen molar-refractivity contribution in [3.63, 3.8) is 0 Å². The summed E-state index contributed by atoms with van der Waals surface area (Å²) in [6, 6.07) is 1.81. The molecule has 2 aliphatic rings. The fourth-order valence-electron chi connectivity index (χ4n) is 3.01. The molecule has 0 saturated heterocycles. The summed E-state index contributed by atoms with van der Waals surface area (Å²) in [4.78, 5) is 23.1. The van der Waals surface area contributed by atoms with Gasteiger partial charge in [-0.2, -0.15) is 10.2 Å². The fourth-order valence-corrected chi connectivity index (χ4v) is 3.01. The van der Waals surface area contributed by atoms with Crippen LogP contribution in [0.3, 0.4) is 0 Å². The van der Waals surface area contributed by atoms with E-state index in [2.05, 4.69) is 15.5 Å². The third kappa shape index (κ3) is 2.65. The lowest BCUT2D eigenvalue weighted by atomic mass is 9.97. The van der Waals surface area contributed by atoms with Gasteiger partial charge in [-0.15, -0.1) is 0 Å². The number of aromatic nitrogens is 2. The second-order valence-corrected chi connectivity index (χ2v) is 6.51. The average molecular weight is 303 g/mol. The van der Waals surface area contributed by atoms with Crippen molar-refractivity contribution in [2.45, 2.75) is 45.2 Å². The van der Waals surface area contributed by atoms with Gasteiger partial charge in [0.2, 0.25) is 5.91 Å². The Labute approximate surface area is 128 Å². The van der Waals surface area contributed by atoms with Crippen LogP contribution >= 0.6 is 0 Å². The van der Waals surface area contributed by atoms with E-state index in [0.29, 0.717) is 11.3 Å². The Morgan fingerprint density at radius 1 is 1.32 bits per heavy atom. The largest absolute Gasteiger partial charge is 0.331 e. The van der Waals surface area contributed by atoms with Gasteiger partial charge in [-0.1, -0.05) is 0 Å². The van der Waals surface area contributed by atoms with Crippen LogP contribution in [0.5, 0.6) is 0 Å². The Bertz CT molecular complexity index is 691. The highest BCUT2D eigenvalue weighted by Crippen LogP contribution is 2.55. The predicted molar refractivity (Wildman–Crippen MR) is 78.5 cm³/mol. The van der Waals surface area contributed by atoms with E-state index in [9.17, 15) is 14.0 Å². The molecule has 116 valence electrons. The molecule has 0 unspecified atom stereocenters. The molecule has 1 aliphatic carbocycles. The minimum atomic E-state index is -1.23. The molecule has 2 heterocycles. The number of nitrogens with one attached hydrogen (secondary N) is 1. The second kappa shape index (κ2) is 4.97. The molecule has 22 heavy (non-hydrogen) atoms. The maximum atomic E-state index is 14.1. The summed E-state index contributed by atoms with van der Waals surface area (Å²) >= 11 is 0. The molecule has 1 N–H and O–H groups in total. The van der Waals surface area contributed by atoms with Gasteiger partial charge in [-0.3, -0.25) is 9.59 Å². The number of halogens is 1. The standard InChI is InChI=1S/C16H18FN3O2/c1-8-9(10-4-12(10)16(2,3)17)5-13(20-19-8)11-7-18-15(22)6-14(11)21/h5,7,10,12H,4,6H2,1-3H3,(H,18,22)/t10-,12+/m1/s1. The fraction of sp³-hybridized carbons (Fsp3) is 0.500. The first-order chi connectivity index (χ1) is 10.3. The minimum absolute atomic E-state index is 0.0287. The van der Waals surface area contributed by atoms with Crippen molar-refractivity contribution in [2.24, 2.45) is 5.92 Å². The predicted octanol–water partition coefficient (Wildman–Crippen LogP) is 2.07. The molecule has 1 aromatic rings. The molecule has 1 amide bonds. The number of amides is 1. The molecule has 0 spiro atoms. The van der Waals surface area contributed by atoms with Gasteiger partial charge in [-0.05, 0) is 50.7 Å². The SMILES string of the molecule is Cc1nnc(C2=CNC(=O)CC2=O)cc1[C@H]1C[C@@H]1C(C)(C)F. The smallest absolute Gasteiger partial charge is 0.231 e. The number of allylic oxidation sites excluding steroid dienone is 1. The van der Waals surface area contributed by atoms with Crippen LogP contribution in [0.15, 0.2) is 12.3 Å². The van der Waals surface area contributed by atoms with E-state index in [0.717, 1.165) is 17.7 Å². The molecule has 1 fully saturated rings. The van der Waals surface area contributed by atoms with Crippen molar-refractivity contribution < 1.29 is 14.0 Å². The summed E-state index contributed by atoms with van der Waals surface area (Å²) in [5.41, 5.74) is 1.26. The monoisotopic (exact) mass is 303 g/mol. The van der Waals surface area contributed by atoms with Crippen molar-refractivity contribution in [3.05, 3.63) is 29.2 Å². The second-order valence-electron chi connectivity index (χ2n) is 6.51. The zero-order valence-corrected chi connectivity index (χ0v) is 12.8. The lowest BCUT2D eigenvalue weighted by molar-refractivity contribution is -0.125. The molecule has 6 heteroatoms. The summed E-state index contributed by atoms with van der Waals surface area (Å²) in [7, 11) is 0. The molecule has 1 saturated carbocycles. The van der Waals surface area contributed by atoms with Crippen LogP contribution < -0.4 is 5.32 Å². The van der Waals surface area contributed by atoms with Gasteiger partial charge in [0.05, 0.1) is 23.4 Å². The Morgan fingerprint density at radius 2 is 2.05 bits per heavy atom. The van der Waals surface area contributed by atoms with Gasteiger partial charge in [0.1, 0.15) is 5.67 Å². The van der Waals surface area contributed by atoms with Crippen LogP contribution in [-0.2, 0) is 9.59 Å². The van der Waals surface area contributed by atoms with E-state index in [1.165, 1.54) is 6.20 Å². The van der Waals surface area contributed by atoms with Gasteiger partial charge in [0.25, 0.3) is 0 Å². The van der Waals surface area contributed by atoms with Crippen LogP contribution in [0.2, 0.25) is 0 Å². The minimum Gasteiger partial charge on any atom is -0.331 e. The van der Waals surface area contributed by atoms with Gasteiger partial charge in [0, 0.05) is 6.20 Å². The topological polar surface area (TPSA) is 72.0 Å². The molecular formula is C16H18FN3O2. The Hall–Kier alpha value is -2.11. The summed E-state index contributed by atoms with van der Waals surface area (Å²) in [6.45, 7) is 5.02. The maximum Gasteiger partial charge on any atom is 0.231 e. The van der Waals surface area contributed by atoms with E-state index in [4.69, 9.17) is 0 Å². The molecule has 0 radical (unpaired) electrons. The number of Topliss-reactive ketones (excluding diaryl/α,β-unsaturated/α-hetero) is 1. The average Bonchev–Trinajstić information content (AvgIpc) is 3.20. The quantitative estimate of drug-likeness (QED) is 0.868. The number of hydrogen-bond acceptors (Lipinski definition) is 4. The van der Waals surface area contributed by atoms with Crippen molar-refractivity contribution in [3.8, 4) is 0 Å². The normalized spacial score (nSPS) is 24.8. The summed E-state index contributed by atoms with van der Waals surface area (Å²) in [5, 5.41) is 10.7. The van der Waals surface area contributed by atoms with Crippen molar-refractivity contribution in [1.29, 1.82) is 0 Å². The van der Waals surface area contributed by atoms with Gasteiger partial charge in [-0.25, -0.2) is 4.39 Å². The molecule has 0 bridgehead atoms. The van der Waals surface area contributed by atoms with E-state index in [1.807, 2.05) is 6.92 Å². The van der Waals surface area contributed by atoms with E-state index >= 15 is 0 Å². The van der Waals surface area contributed by atoms with Gasteiger partial charge < -0.3 is 5.32 Å². The number of alkyl halides is 1. The van der Waals surface area contributed by atoms with Crippen molar-refractivity contribution in [2.75, 3.05) is 0 Å². The molecule has 5 nitrogen and oxygen atoms in total. The number of nitrogens with zero attached hydrogens (tertiary/aromatic N) is 2.